The maximum Gasteiger partial charge on any atom is 0.287 e. The summed E-state index contributed by atoms with van der Waals surface area (Å²) < 4.78 is 0.930. The lowest BCUT2D eigenvalue weighted by molar-refractivity contribution is -0.117. The molecule has 0 fully saturated rings. The maximum absolute atomic E-state index is 13.0. The van der Waals surface area contributed by atoms with Gasteiger partial charge in [0.1, 0.15) is 11.4 Å². The van der Waals surface area contributed by atoms with Crippen LogP contribution in [-0.4, -0.2) is 36.2 Å². The number of aromatic hydroxyl groups is 1. The first-order valence-electron chi connectivity index (χ1n) is 11.6. The van der Waals surface area contributed by atoms with Crippen LogP contribution in [0.15, 0.2) is 77.5 Å². The van der Waals surface area contributed by atoms with E-state index >= 15 is 0 Å². The third-order valence-electron chi connectivity index (χ3n) is 5.53. The van der Waals surface area contributed by atoms with Crippen LogP contribution in [0.5, 0.6) is 5.75 Å². The predicted octanol–water partition coefficient (Wildman–Crippen LogP) is 5.07. The van der Waals surface area contributed by atoms with Crippen LogP contribution in [0.2, 0.25) is 0 Å². The monoisotopic (exact) mass is 596 g/mol. The van der Waals surface area contributed by atoms with Gasteiger partial charge in [0.15, 0.2) is 0 Å². The third kappa shape index (κ3) is 7.17. The Labute approximate surface area is 225 Å². The van der Waals surface area contributed by atoms with Crippen LogP contribution in [-0.2, 0) is 4.79 Å². The molecule has 36 heavy (non-hydrogen) atoms. The highest BCUT2D eigenvalue weighted by molar-refractivity contribution is 14.1. The summed E-state index contributed by atoms with van der Waals surface area (Å²) in [6.45, 7) is 7.76. The number of aryl methyl sites for hydroxylation is 1. The van der Waals surface area contributed by atoms with E-state index in [4.69, 9.17) is 0 Å². The molecule has 2 amide bonds. The van der Waals surface area contributed by atoms with Crippen molar-refractivity contribution in [2.75, 3.05) is 18.0 Å². The Balaban J connectivity index is 1.85. The topological polar surface area (TPSA) is 94.0 Å². The summed E-state index contributed by atoms with van der Waals surface area (Å²) in [7, 11) is 0. The van der Waals surface area contributed by atoms with E-state index in [0.717, 1.165) is 27.9 Å². The number of hydrogen-bond donors (Lipinski definition) is 3. The molecule has 3 N–H and O–H groups in total. The number of anilines is 1. The van der Waals surface area contributed by atoms with E-state index in [1.54, 1.807) is 43.3 Å². The summed E-state index contributed by atoms with van der Waals surface area (Å²) in [5.41, 5.74) is 5.93. The fourth-order valence-electron chi connectivity index (χ4n) is 3.56. The molecular formula is C28H29IN4O3. The van der Waals surface area contributed by atoms with Crippen LogP contribution in [0.4, 0.5) is 5.69 Å². The molecule has 0 unspecified atom stereocenters. The Morgan fingerprint density at radius 1 is 1.03 bits per heavy atom. The van der Waals surface area contributed by atoms with Gasteiger partial charge in [-0.1, -0.05) is 30.3 Å². The Morgan fingerprint density at radius 2 is 1.69 bits per heavy atom. The molecule has 0 saturated carbocycles. The Bertz CT molecular complexity index is 1270. The molecule has 8 heteroatoms. The van der Waals surface area contributed by atoms with Crippen molar-refractivity contribution in [3.63, 3.8) is 0 Å². The van der Waals surface area contributed by atoms with Crippen molar-refractivity contribution in [3.05, 3.63) is 98.3 Å². The molecule has 0 atom stereocenters. The maximum atomic E-state index is 13.0. The number of halogens is 1. The van der Waals surface area contributed by atoms with Crippen molar-refractivity contribution < 1.29 is 14.7 Å². The smallest absolute Gasteiger partial charge is 0.287 e. The van der Waals surface area contributed by atoms with Gasteiger partial charge in [-0.3, -0.25) is 9.59 Å². The van der Waals surface area contributed by atoms with Crippen molar-refractivity contribution in [2.24, 2.45) is 5.10 Å². The number of hydrogen-bond acceptors (Lipinski definition) is 5. The number of nitrogens with one attached hydrogen (secondary N) is 2. The van der Waals surface area contributed by atoms with E-state index < -0.39 is 11.8 Å². The van der Waals surface area contributed by atoms with Gasteiger partial charge in [-0.25, -0.2) is 5.43 Å². The largest absolute Gasteiger partial charge is 0.507 e. The van der Waals surface area contributed by atoms with Crippen LogP contribution in [0.1, 0.15) is 40.9 Å². The zero-order valence-electron chi connectivity index (χ0n) is 20.5. The van der Waals surface area contributed by atoms with Gasteiger partial charge in [0.2, 0.25) is 0 Å². The fourth-order valence-corrected chi connectivity index (χ4v) is 4.36. The Kier molecular flexibility index (Phi) is 9.63. The molecular weight excluding hydrogens is 567 g/mol. The number of carbonyl (C=O) groups excluding carboxylic acids is 2. The minimum absolute atomic E-state index is 0.0413. The summed E-state index contributed by atoms with van der Waals surface area (Å²) in [6, 6.07) is 20.0. The molecule has 0 aliphatic rings. The quantitative estimate of drug-likeness (QED) is 0.139. The minimum atomic E-state index is -0.592. The van der Waals surface area contributed by atoms with Gasteiger partial charge in [-0.05, 0) is 97.0 Å². The van der Waals surface area contributed by atoms with Gasteiger partial charge in [-0.2, -0.15) is 5.10 Å². The zero-order valence-corrected chi connectivity index (χ0v) is 22.6. The highest BCUT2D eigenvalue weighted by Gasteiger charge is 2.15. The average molecular weight is 596 g/mol. The number of phenols is 1. The number of rotatable bonds is 9. The molecule has 3 aromatic rings. The molecule has 0 heterocycles. The predicted molar refractivity (Wildman–Crippen MR) is 153 cm³/mol. The molecule has 7 nitrogen and oxygen atoms in total. The lowest BCUT2D eigenvalue weighted by atomic mass is 10.1. The Morgan fingerprint density at radius 3 is 2.33 bits per heavy atom. The van der Waals surface area contributed by atoms with Crippen LogP contribution in [0, 0.1) is 10.5 Å². The van der Waals surface area contributed by atoms with E-state index in [0.29, 0.717) is 16.7 Å². The third-order valence-corrected chi connectivity index (χ3v) is 6.15. The SMILES string of the molecule is CCN(CC)c1ccc(C=C(NC(=O)c2ccccc2)C(=O)NN=Cc2cc(I)cc(C)c2O)cc1. The fraction of sp³-hybridized carbons (Fsp3) is 0.179. The van der Waals surface area contributed by atoms with Crippen LogP contribution in [0.3, 0.4) is 0 Å². The van der Waals surface area contributed by atoms with Crippen molar-refractivity contribution in [2.45, 2.75) is 20.8 Å². The van der Waals surface area contributed by atoms with Crippen molar-refractivity contribution >= 4 is 52.4 Å². The van der Waals surface area contributed by atoms with E-state index in [1.165, 1.54) is 6.21 Å². The molecule has 0 aromatic heterocycles. The number of benzene rings is 3. The number of hydrazone groups is 1. The molecule has 186 valence electrons. The number of nitrogens with zero attached hydrogens (tertiary/aromatic N) is 2. The van der Waals surface area contributed by atoms with E-state index in [1.807, 2.05) is 36.4 Å². The second-order valence-electron chi connectivity index (χ2n) is 8.00. The summed E-state index contributed by atoms with van der Waals surface area (Å²) in [5.74, 6) is -0.910. The van der Waals surface area contributed by atoms with E-state index in [-0.39, 0.29) is 11.4 Å². The Hall–Kier alpha value is -3.66. The van der Waals surface area contributed by atoms with Gasteiger partial charge in [-0.15, -0.1) is 0 Å². The summed E-state index contributed by atoms with van der Waals surface area (Å²) in [6.07, 6.45) is 2.97. The molecule has 0 saturated heterocycles. The molecule has 0 aliphatic carbocycles. The highest BCUT2D eigenvalue weighted by atomic mass is 127. The molecule has 0 aliphatic heterocycles. The first kappa shape index (κ1) is 26.9. The molecule has 3 aromatic carbocycles. The van der Waals surface area contributed by atoms with Crippen LogP contribution < -0.4 is 15.6 Å². The van der Waals surface area contributed by atoms with E-state index in [9.17, 15) is 14.7 Å². The molecule has 0 spiro atoms. The number of amides is 2. The lowest BCUT2D eigenvalue weighted by Gasteiger charge is -2.21. The lowest BCUT2D eigenvalue weighted by Crippen LogP contribution is -2.32. The molecule has 0 bridgehead atoms. The van der Waals surface area contributed by atoms with Crippen LogP contribution >= 0.6 is 22.6 Å². The van der Waals surface area contributed by atoms with Gasteiger partial charge in [0, 0.05) is 33.5 Å². The first-order chi connectivity index (χ1) is 17.3. The standard InChI is InChI=1S/C28H29IN4O3/c1-4-33(5-2)24-13-11-20(12-14-24)16-25(31-27(35)21-9-7-6-8-10-21)28(36)32-30-18-22-17-23(29)15-19(3)26(22)34/h6-18,34H,4-5H2,1-3H3,(H,31,35)(H,32,36). The molecule has 3 rings (SSSR count). The highest BCUT2D eigenvalue weighted by Crippen LogP contribution is 2.23. The van der Waals surface area contributed by atoms with Gasteiger partial charge in [0.05, 0.1) is 6.21 Å². The average Bonchev–Trinajstić information content (AvgIpc) is 2.88. The van der Waals surface area contributed by atoms with Gasteiger partial charge >= 0.3 is 0 Å². The number of carbonyl (C=O) groups is 2. The van der Waals surface area contributed by atoms with Crippen molar-refractivity contribution in [1.82, 2.24) is 10.7 Å². The number of phenolic OH excluding ortho intramolecular Hbond substituents is 1. The summed E-state index contributed by atoms with van der Waals surface area (Å²) >= 11 is 2.15. The summed E-state index contributed by atoms with van der Waals surface area (Å²) in [4.78, 5) is 28.0. The second-order valence-corrected chi connectivity index (χ2v) is 9.25. The molecule has 0 radical (unpaired) electrons. The zero-order chi connectivity index (χ0) is 26.1. The van der Waals surface area contributed by atoms with E-state index in [2.05, 4.69) is 57.2 Å². The second kappa shape index (κ2) is 12.9. The minimum Gasteiger partial charge on any atom is -0.507 e. The van der Waals surface area contributed by atoms with Crippen LogP contribution in [0.25, 0.3) is 6.08 Å². The summed E-state index contributed by atoms with van der Waals surface area (Å²) in [5, 5.41) is 16.9. The van der Waals surface area contributed by atoms with Gasteiger partial charge in [0.25, 0.3) is 11.8 Å². The first-order valence-corrected chi connectivity index (χ1v) is 12.7. The van der Waals surface area contributed by atoms with Crippen molar-refractivity contribution in [1.29, 1.82) is 0 Å². The van der Waals surface area contributed by atoms with Crippen molar-refractivity contribution in [3.8, 4) is 5.75 Å². The normalized spacial score (nSPS) is 11.4. The van der Waals surface area contributed by atoms with Gasteiger partial charge < -0.3 is 15.3 Å².